The lowest BCUT2D eigenvalue weighted by molar-refractivity contribution is -0.119. The second kappa shape index (κ2) is 7.94. The molecule has 0 aliphatic carbocycles. The Labute approximate surface area is 156 Å². The third-order valence-electron chi connectivity index (χ3n) is 3.73. The van der Waals surface area contributed by atoms with E-state index in [0.717, 1.165) is 5.56 Å². The average molecular weight is 397 g/mol. The van der Waals surface area contributed by atoms with E-state index in [4.69, 9.17) is 21.1 Å². The van der Waals surface area contributed by atoms with E-state index in [9.17, 15) is 13.2 Å². The molecular formula is C17H17ClN2O5S. The zero-order valence-electron chi connectivity index (χ0n) is 13.7. The molecule has 0 radical (unpaired) electrons. The summed E-state index contributed by atoms with van der Waals surface area (Å²) in [4.78, 5) is 11.9. The van der Waals surface area contributed by atoms with Gasteiger partial charge in [-0.1, -0.05) is 23.7 Å². The fraction of sp³-hybridized carbons (Fsp3) is 0.235. The highest BCUT2D eigenvalue weighted by atomic mass is 35.5. The molecule has 0 saturated carbocycles. The van der Waals surface area contributed by atoms with Crippen LogP contribution in [0.15, 0.2) is 47.4 Å². The molecule has 26 heavy (non-hydrogen) atoms. The first-order valence-corrected chi connectivity index (χ1v) is 9.71. The molecule has 0 spiro atoms. The van der Waals surface area contributed by atoms with E-state index in [0.29, 0.717) is 29.5 Å². The van der Waals surface area contributed by atoms with Crippen molar-refractivity contribution in [1.29, 1.82) is 0 Å². The first-order chi connectivity index (χ1) is 12.4. The molecule has 1 aliphatic heterocycles. The lowest BCUT2D eigenvalue weighted by Gasteiger charge is -2.08. The van der Waals surface area contributed by atoms with Crippen molar-refractivity contribution in [1.82, 2.24) is 10.0 Å². The minimum Gasteiger partial charge on any atom is -0.454 e. The molecule has 138 valence electrons. The van der Waals surface area contributed by atoms with Crippen LogP contribution < -0.4 is 19.5 Å². The summed E-state index contributed by atoms with van der Waals surface area (Å²) in [6, 6.07) is 11.6. The molecule has 0 aromatic heterocycles. The summed E-state index contributed by atoms with van der Waals surface area (Å²) < 4.78 is 37.1. The summed E-state index contributed by atoms with van der Waals surface area (Å²) in [5.74, 6) is 0.437. The fourth-order valence-electron chi connectivity index (χ4n) is 2.35. The van der Waals surface area contributed by atoms with E-state index in [2.05, 4.69) is 10.0 Å². The van der Waals surface area contributed by atoms with E-state index in [1.807, 2.05) is 12.1 Å². The number of carbonyl (C=O) groups is 1. The van der Waals surface area contributed by atoms with E-state index in [1.54, 1.807) is 12.1 Å². The van der Waals surface area contributed by atoms with Crippen molar-refractivity contribution >= 4 is 27.5 Å². The molecule has 0 fully saturated rings. The number of benzene rings is 2. The van der Waals surface area contributed by atoms with Crippen LogP contribution in [0.5, 0.6) is 11.5 Å². The van der Waals surface area contributed by atoms with Crippen LogP contribution in [-0.2, 0) is 21.2 Å². The molecule has 0 bridgehead atoms. The van der Waals surface area contributed by atoms with Gasteiger partial charge in [0, 0.05) is 17.6 Å². The van der Waals surface area contributed by atoms with Crippen LogP contribution in [-0.4, -0.2) is 34.2 Å². The van der Waals surface area contributed by atoms with Gasteiger partial charge in [-0.2, -0.15) is 0 Å². The highest BCUT2D eigenvalue weighted by molar-refractivity contribution is 7.89. The number of amides is 1. The van der Waals surface area contributed by atoms with Crippen molar-refractivity contribution in [3.63, 3.8) is 0 Å². The summed E-state index contributed by atoms with van der Waals surface area (Å²) in [6.07, 6.45) is 0.623. The highest BCUT2D eigenvalue weighted by Crippen LogP contribution is 2.33. The van der Waals surface area contributed by atoms with Crippen molar-refractivity contribution in [2.75, 3.05) is 19.9 Å². The maximum atomic E-state index is 12.3. The van der Waals surface area contributed by atoms with E-state index >= 15 is 0 Å². The molecule has 1 aliphatic rings. The van der Waals surface area contributed by atoms with Gasteiger partial charge in [0.1, 0.15) is 0 Å². The van der Waals surface area contributed by atoms with Crippen molar-refractivity contribution in [3.05, 3.63) is 53.1 Å². The Morgan fingerprint density at radius 2 is 1.81 bits per heavy atom. The molecule has 0 unspecified atom stereocenters. The van der Waals surface area contributed by atoms with Gasteiger partial charge in [-0.05, 0) is 36.2 Å². The average Bonchev–Trinajstić information content (AvgIpc) is 3.09. The summed E-state index contributed by atoms with van der Waals surface area (Å²) in [5, 5.41) is 3.32. The Bertz CT molecular complexity index is 900. The third kappa shape index (κ3) is 4.66. The predicted octanol–water partition coefficient (Wildman–Crippen LogP) is 1.71. The number of nitrogens with one attached hydrogen (secondary N) is 2. The summed E-state index contributed by atoms with van der Waals surface area (Å²) in [6.45, 7) is 0.103. The van der Waals surface area contributed by atoms with Crippen molar-refractivity contribution < 1.29 is 22.7 Å². The molecule has 0 saturated heterocycles. The van der Waals surface area contributed by atoms with Gasteiger partial charge in [-0.15, -0.1) is 0 Å². The largest absolute Gasteiger partial charge is 0.454 e. The molecule has 0 atom stereocenters. The Morgan fingerprint density at radius 1 is 1.08 bits per heavy atom. The summed E-state index contributed by atoms with van der Waals surface area (Å²) in [5.41, 5.74) is 1.02. The molecule has 1 heterocycles. The van der Waals surface area contributed by atoms with Gasteiger partial charge in [0.15, 0.2) is 11.5 Å². The van der Waals surface area contributed by atoms with Gasteiger partial charge in [0.25, 0.3) is 0 Å². The number of carbonyl (C=O) groups excluding carboxylic acids is 1. The van der Waals surface area contributed by atoms with Crippen LogP contribution in [0.2, 0.25) is 5.02 Å². The maximum Gasteiger partial charge on any atom is 0.241 e. The minimum atomic E-state index is -3.82. The summed E-state index contributed by atoms with van der Waals surface area (Å²) in [7, 11) is -3.82. The van der Waals surface area contributed by atoms with Crippen LogP contribution in [0.4, 0.5) is 0 Å². The molecule has 7 nitrogen and oxygen atoms in total. The Balaban J connectivity index is 1.48. The number of fused-ring (bicyclic) bond motifs is 1. The lowest BCUT2D eigenvalue weighted by atomic mass is 10.1. The zero-order valence-corrected chi connectivity index (χ0v) is 15.3. The molecule has 2 aromatic carbocycles. The zero-order chi connectivity index (χ0) is 18.6. The highest BCUT2D eigenvalue weighted by Gasteiger charge is 2.20. The standard InChI is InChI=1S/C17H17ClN2O5S/c18-13-3-1-12(2-4-13)7-8-19-17(21)10-20-26(22,23)14-5-6-15-16(9-14)25-11-24-15/h1-6,9,20H,7-8,10-11H2,(H,19,21). The molecule has 1 amide bonds. The summed E-state index contributed by atoms with van der Waals surface area (Å²) >= 11 is 5.81. The molecular weight excluding hydrogens is 380 g/mol. The lowest BCUT2D eigenvalue weighted by Crippen LogP contribution is -2.37. The van der Waals surface area contributed by atoms with Crippen LogP contribution in [0.25, 0.3) is 0 Å². The van der Waals surface area contributed by atoms with Gasteiger partial charge in [0.2, 0.25) is 22.7 Å². The van der Waals surface area contributed by atoms with Gasteiger partial charge in [-0.3, -0.25) is 4.79 Å². The Hall–Kier alpha value is -2.29. The topological polar surface area (TPSA) is 93.7 Å². The molecule has 3 rings (SSSR count). The predicted molar refractivity (Wildman–Crippen MR) is 95.9 cm³/mol. The second-order valence-electron chi connectivity index (χ2n) is 5.57. The first-order valence-electron chi connectivity index (χ1n) is 7.84. The number of halogens is 1. The monoisotopic (exact) mass is 396 g/mol. The minimum absolute atomic E-state index is 0.00992. The first kappa shape index (κ1) is 18.5. The number of sulfonamides is 1. The maximum absolute atomic E-state index is 12.3. The Kier molecular flexibility index (Phi) is 5.65. The van der Waals surface area contributed by atoms with Crippen LogP contribution >= 0.6 is 11.6 Å². The third-order valence-corrected chi connectivity index (χ3v) is 5.38. The number of hydrogen-bond acceptors (Lipinski definition) is 5. The molecule has 9 heteroatoms. The molecule has 2 N–H and O–H groups in total. The van der Waals surface area contributed by atoms with Crippen molar-refractivity contribution in [2.45, 2.75) is 11.3 Å². The smallest absolute Gasteiger partial charge is 0.241 e. The number of rotatable bonds is 7. The van der Waals surface area contributed by atoms with E-state index < -0.39 is 15.9 Å². The van der Waals surface area contributed by atoms with E-state index in [-0.39, 0.29) is 18.2 Å². The Morgan fingerprint density at radius 3 is 2.58 bits per heavy atom. The molecule has 2 aromatic rings. The van der Waals surface area contributed by atoms with Crippen LogP contribution in [0.1, 0.15) is 5.56 Å². The van der Waals surface area contributed by atoms with Crippen LogP contribution in [0, 0.1) is 0 Å². The van der Waals surface area contributed by atoms with Gasteiger partial charge < -0.3 is 14.8 Å². The normalized spacial score (nSPS) is 12.8. The van der Waals surface area contributed by atoms with E-state index in [1.165, 1.54) is 18.2 Å². The van der Waals surface area contributed by atoms with Crippen molar-refractivity contribution in [3.8, 4) is 11.5 Å². The SMILES string of the molecule is O=C(CNS(=O)(=O)c1ccc2c(c1)OCO2)NCCc1ccc(Cl)cc1. The van der Waals surface area contributed by atoms with Gasteiger partial charge in [0.05, 0.1) is 11.4 Å². The van der Waals surface area contributed by atoms with Crippen LogP contribution in [0.3, 0.4) is 0 Å². The van der Waals surface area contributed by atoms with Gasteiger partial charge >= 0.3 is 0 Å². The fourth-order valence-corrected chi connectivity index (χ4v) is 3.47. The number of ether oxygens (including phenoxy) is 2. The number of hydrogen-bond donors (Lipinski definition) is 2. The quantitative estimate of drug-likeness (QED) is 0.743. The second-order valence-corrected chi connectivity index (χ2v) is 7.77. The van der Waals surface area contributed by atoms with Gasteiger partial charge in [-0.25, -0.2) is 13.1 Å². The van der Waals surface area contributed by atoms with Crippen molar-refractivity contribution in [2.24, 2.45) is 0 Å².